The molecule has 0 radical (unpaired) electrons. The van der Waals surface area contributed by atoms with Crippen LogP contribution in [0.4, 0.5) is 19.0 Å². The van der Waals surface area contributed by atoms with Crippen LogP contribution in [-0.4, -0.2) is 40.0 Å². The van der Waals surface area contributed by atoms with Crippen LogP contribution in [-0.2, 0) is 18.0 Å². The van der Waals surface area contributed by atoms with Crippen LogP contribution in [0.5, 0.6) is 0 Å². The van der Waals surface area contributed by atoms with Crippen LogP contribution < -0.4 is 4.90 Å². The van der Waals surface area contributed by atoms with Crippen molar-refractivity contribution >= 4 is 23.3 Å². The highest BCUT2D eigenvalue weighted by Crippen LogP contribution is 2.36. The van der Waals surface area contributed by atoms with Crippen molar-refractivity contribution in [2.24, 2.45) is 13.0 Å². The summed E-state index contributed by atoms with van der Waals surface area (Å²) in [4.78, 5) is 21.4. The lowest BCUT2D eigenvalue weighted by molar-refractivity contribution is -0.139. The van der Waals surface area contributed by atoms with Crippen molar-refractivity contribution in [1.82, 2.24) is 14.5 Å². The Kier molecular flexibility index (Phi) is 6.70. The van der Waals surface area contributed by atoms with Crippen molar-refractivity contribution < 1.29 is 18.0 Å². The molecule has 32 heavy (non-hydrogen) atoms. The monoisotopic (exact) mass is 468 g/mol. The molecule has 174 valence electrons. The number of likely N-dealkylation sites (tertiary alicyclic amines) is 1. The first-order valence-electron chi connectivity index (χ1n) is 11.1. The first-order chi connectivity index (χ1) is 15.3. The van der Waals surface area contributed by atoms with Gasteiger partial charge in [-0.1, -0.05) is 24.4 Å². The molecular weight excluding hydrogens is 441 g/mol. The first-order valence-corrected chi connectivity index (χ1v) is 11.5. The average Bonchev–Trinajstić information content (AvgIpc) is 3.04. The second-order valence-corrected chi connectivity index (χ2v) is 9.14. The second-order valence-electron chi connectivity index (χ2n) is 8.73. The SMILES string of the molecule is Cn1cccc1C1CCCCCN1C(=O)C1CCN(c2ncc(C(F)(F)F)cc2Cl)CC1. The van der Waals surface area contributed by atoms with E-state index in [1.807, 2.05) is 24.2 Å². The zero-order valence-corrected chi connectivity index (χ0v) is 18.9. The van der Waals surface area contributed by atoms with Gasteiger partial charge in [-0.3, -0.25) is 4.79 Å². The molecule has 2 fully saturated rings. The van der Waals surface area contributed by atoms with Crippen LogP contribution in [0.25, 0.3) is 0 Å². The summed E-state index contributed by atoms with van der Waals surface area (Å²) in [7, 11) is 2.02. The van der Waals surface area contributed by atoms with Crippen molar-refractivity contribution in [3.05, 3.63) is 46.9 Å². The van der Waals surface area contributed by atoms with Crippen molar-refractivity contribution in [3.8, 4) is 0 Å². The largest absolute Gasteiger partial charge is 0.417 e. The number of nitrogens with zero attached hydrogens (tertiary/aromatic N) is 4. The Hall–Kier alpha value is -2.22. The Balaban J connectivity index is 1.44. The topological polar surface area (TPSA) is 41.4 Å². The predicted octanol–water partition coefficient (Wildman–Crippen LogP) is 5.45. The first kappa shape index (κ1) is 23.0. The molecule has 2 aromatic rings. The normalized spacial score (nSPS) is 21.0. The summed E-state index contributed by atoms with van der Waals surface area (Å²) in [5.74, 6) is 0.437. The number of pyridine rings is 1. The number of aryl methyl sites for hydroxylation is 1. The number of rotatable bonds is 3. The van der Waals surface area contributed by atoms with Crippen LogP contribution in [0.2, 0.25) is 5.02 Å². The van der Waals surface area contributed by atoms with Crippen LogP contribution >= 0.6 is 11.6 Å². The molecule has 0 aromatic carbocycles. The highest BCUT2D eigenvalue weighted by molar-refractivity contribution is 6.33. The minimum absolute atomic E-state index is 0.0131. The number of hydrogen-bond donors (Lipinski definition) is 0. The van der Waals surface area contributed by atoms with Gasteiger partial charge < -0.3 is 14.4 Å². The van der Waals surface area contributed by atoms with Gasteiger partial charge >= 0.3 is 6.18 Å². The molecule has 2 saturated heterocycles. The standard InChI is InChI=1S/C23H28ClF3N4O/c1-29-10-5-7-19(29)20-6-3-2-4-11-31(20)22(32)16-8-12-30(13-9-16)21-18(24)14-17(15-28-21)23(25,26)27/h5,7,10,14-16,20H,2-4,6,8-9,11-13H2,1H3. The third-order valence-electron chi connectivity index (χ3n) is 6.65. The van der Waals surface area contributed by atoms with Gasteiger partial charge in [-0.05, 0) is 43.9 Å². The fraction of sp³-hybridized carbons (Fsp3) is 0.565. The molecule has 2 aromatic heterocycles. The summed E-state index contributed by atoms with van der Waals surface area (Å²) < 4.78 is 40.8. The van der Waals surface area contributed by atoms with E-state index in [0.717, 1.165) is 44.5 Å². The van der Waals surface area contributed by atoms with Crippen LogP contribution in [0, 0.1) is 5.92 Å². The number of hydrogen-bond acceptors (Lipinski definition) is 3. The van der Waals surface area contributed by atoms with Crippen molar-refractivity contribution in [3.63, 3.8) is 0 Å². The van der Waals surface area contributed by atoms with Crippen molar-refractivity contribution in [2.75, 3.05) is 24.5 Å². The van der Waals surface area contributed by atoms with Crippen LogP contribution in [0.1, 0.15) is 55.8 Å². The Bertz CT molecular complexity index is 953. The Labute approximate surface area is 191 Å². The van der Waals surface area contributed by atoms with Crippen molar-refractivity contribution in [2.45, 2.75) is 50.7 Å². The Morgan fingerprint density at radius 2 is 1.88 bits per heavy atom. The van der Waals surface area contributed by atoms with Gasteiger partial charge in [0, 0.05) is 50.7 Å². The van der Waals surface area contributed by atoms with Gasteiger partial charge in [0.15, 0.2) is 0 Å². The third kappa shape index (κ3) is 4.75. The molecule has 0 saturated carbocycles. The second kappa shape index (κ2) is 9.33. The molecule has 0 spiro atoms. The molecule has 4 rings (SSSR count). The van der Waals surface area contributed by atoms with E-state index in [1.54, 1.807) is 0 Å². The number of carbonyl (C=O) groups excluding carboxylic acids is 1. The molecule has 1 unspecified atom stereocenters. The fourth-order valence-electron chi connectivity index (χ4n) is 4.89. The van der Waals surface area contributed by atoms with Gasteiger partial charge in [-0.25, -0.2) is 4.98 Å². The van der Waals surface area contributed by atoms with E-state index in [9.17, 15) is 18.0 Å². The summed E-state index contributed by atoms with van der Waals surface area (Å²) in [5, 5.41) is -0.0131. The Morgan fingerprint density at radius 1 is 1.12 bits per heavy atom. The highest BCUT2D eigenvalue weighted by Gasteiger charge is 2.36. The molecule has 2 aliphatic rings. The maximum atomic E-state index is 13.5. The number of piperidine rings is 1. The van der Waals surface area contributed by atoms with Crippen molar-refractivity contribution in [1.29, 1.82) is 0 Å². The molecule has 1 amide bonds. The van der Waals surface area contributed by atoms with Gasteiger partial charge in [-0.2, -0.15) is 13.2 Å². The number of alkyl halides is 3. The van der Waals surface area contributed by atoms with E-state index in [-0.39, 0.29) is 22.9 Å². The minimum atomic E-state index is -4.48. The smallest absolute Gasteiger partial charge is 0.355 e. The average molecular weight is 469 g/mol. The zero-order chi connectivity index (χ0) is 22.9. The number of halogens is 4. The zero-order valence-electron chi connectivity index (χ0n) is 18.1. The van der Waals surface area contributed by atoms with Crippen LogP contribution in [0.15, 0.2) is 30.6 Å². The highest BCUT2D eigenvalue weighted by atomic mass is 35.5. The summed E-state index contributed by atoms with van der Waals surface area (Å²) in [6, 6.07) is 5.12. The van der Waals surface area contributed by atoms with Gasteiger partial charge in [0.05, 0.1) is 16.6 Å². The summed E-state index contributed by atoms with van der Waals surface area (Å²) >= 11 is 6.12. The van der Waals surface area contributed by atoms with E-state index in [2.05, 4.69) is 20.5 Å². The Morgan fingerprint density at radius 3 is 2.50 bits per heavy atom. The number of carbonyl (C=O) groups is 1. The van der Waals surface area contributed by atoms with Gasteiger partial charge in [0.2, 0.25) is 5.91 Å². The number of aromatic nitrogens is 2. The quantitative estimate of drug-likeness (QED) is 0.601. The summed E-state index contributed by atoms with van der Waals surface area (Å²) in [5.41, 5.74) is 0.308. The van der Waals surface area contributed by atoms with Crippen LogP contribution in [0.3, 0.4) is 0 Å². The number of amides is 1. The molecule has 5 nitrogen and oxygen atoms in total. The summed E-state index contributed by atoms with van der Waals surface area (Å²) in [6.45, 7) is 1.84. The van der Waals surface area contributed by atoms with E-state index in [4.69, 9.17) is 11.6 Å². The van der Waals surface area contributed by atoms with E-state index in [1.165, 1.54) is 5.69 Å². The maximum absolute atomic E-state index is 13.5. The van der Waals surface area contributed by atoms with E-state index < -0.39 is 11.7 Å². The van der Waals surface area contributed by atoms with E-state index >= 15 is 0 Å². The van der Waals surface area contributed by atoms with E-state index in [0.29, 0.717) is 31.7 Å². The van der Waals surface area contributed by atoms with Gasteiger partial charge in [0.1, 0.15) is 5.82 Å². The molecule has 0 aliphatic carbocycles. The number of anilines is 1. The molecule has 1 atom stereocenters. The minimum Gasteiger partial charge on any atom is -0.355 e. The summed E-state index contributed by atoms with van der Waals surface area (Å²) in [6.07, 6.45) is 3.84. The molecule has 4 heterocycles. The third-order valence-corrected chi connectivity index (χ3v) is 6.93. The molecule has 2 aliphatic heterocycles. The van der Waals surface area contributed by atoms with Gasteiger partial charge in [-0.15, -0.1) is 0 Å². The predicted molar refractivity (Wildman–Crippen MR) is 118 cm³/mol. The van der Waals surface area contributed by atoms with Gasteiger partial charge in [0.25, 0.3) is 0 Å². The molecule has 9 heteroatoms. The molecular formula is C23H28ClF3N4O. The lowest BCUT2D eigenvalue weighted by Crippen LogP contribution is -2.44. The molecule has 0 N–H and O–H groups in total. The maximum Gasteiger partial charge on any atom is 0.417 e. The lowest BCUT2D eigenvalue weighted by atomic mass is 9.94. The fourth-order valence-corrected chi connectivity index (χ4v) is 5.18. The molecule has 0 bridgehead atoms. The lowest BCUT2D eigenvalue weighted by Gasteiger charge is -2.37.